The standard InChI is InChI=1S/C23H18N2O5S/c1-2-13-7-3-4-8-14(13)12-25-17-11-18(31(28,29)30)21(24)20-19(17)22(26)15-9-5-6-10-16(15)23(20)27/h2-11,25H,1,12,24H2,(H,28,29,30). The summed E-state index contributed by atoms with van der Waals surface area (Å²) in [5, 5.41) is 3.03. The molecule has 0 saturated heterocycles. The van der Waals surface area contributed by atoms with E-state index in [0.717, 1.165) is 17.2 Å². The quantitative estimate of drug-likeness (QED) is 0.324. The molecule has 0 atom stereocenters. The molecule has 0 fully saturated rings. The first-order valence-electron chi connectivity index (χ1n) is 9.30. The Kier molecular flexibility index (Phi) is 4.96. The zero-order chi connectivity index (χ0) is 22.3. The first-order chi connectivity index (χ1) is 14.7. The monoisotopic (exact) mass is 434 g/mol. The van der Waals surface area contributed by atoms with Crippen LogP contribution in [-0.4, -0.2) is 24.5 Å². The average molecular weight is 434 g/mol. The fraction of sp³-hybridized carbons (Fsp3) is 0.0435. The molecule has 156 valence electrons. The van der Waals surface area contributed by atoms with Crippen molar-refractivity contribution in [2.75, 3.05) is 11.1 Å². The van der Waals surface area contributed by atoms with E-state index in [-0.39, 0.29) is 34.5 Å². The van der Waals surface area contributed by atoms with Gasteiger partial charge in [0.05, 0.1) is 16.8 Å². The average Bonchev–Trinajstić information content (AvgIpc) is 2.75. The van der Waals surface area contributed by atoms with Gasteiger partial charge in [-0.3, -0.25) is 14.1 Å². The van der Waals surface area contributed by atoms with Gasteiger partial charge in [0, 0.05) is 23.4 Å². The third-order valence-corrected chi connectivity index (χ3v) is 6.12. The van der Waals surface area contributed by atoms with E-state index in [1.807, 2.05) is 24.3 Å². The van der Waals surface area contributed by atoms with Gasteiger partial charge in [-0.2, -0.15) is 8.42 Å². The number of hydrogen-bond acceptors (Lipinski definition) is 6. The van der Waals surface area contributed by atoms with Crippen molar-refractivity contribution in [1.29, 1.82) is 0 Å². The summed E-state index contributed by atoms with van der Waals surface area (Å²) in [6.45, 7) is 3.98. The lowest BCUT2D eigenvalue weighted by atomic mass is 9.82. The number of nitrogens with two attached hydrogens (primary N) is 1. The molecule has 0 aliphatic heterocycles. The first-order valence-corrected chi connectivity index (χ1v) is 10.7. The van der Waals surface area contributed by atoms with Crippen LogP contribution in [0.15, 0.2) is 66.1 Å². The minimum absolute atomic E-state index is 0.0234. The Morgan fingerprint density at radius 2 is 1.55 bits per heavy atom. The van der Waals surface area contributed by atoms with Crippen molar-refractivity contribution in [1.82, 2.24) is 0 Å². The van der Waals surface area contributed by atoms with Crippen molar-refractivity contribution in [3.05, 3.63) is 94.6 Å². The Morgan fingerprint density at radius 3 is 2.16 bits per heavy atom. The number of anilines is 2. The number of ketones is 2. The molecule has 8 heteroatoms. The summed E-state index contributed by atoms with van der Waals surface area (Å²) < 4.78 is 33.5. The molecule has 31 heavy (non-hydrogen) atoms. The van der Waals surface area contributed by atoms with E-state index in [4.69, 9.17) is 5.73 Å². The maximum atomic E-state index is 13.2. The largest absolute Gasteiger partial charge is 0.397 e. The van der Waals surface area contributed by atoms with Crippen molar-refractivity contribution in [2.45, 2.75) is 11.4 Å². The Morgan fingerprint density at radius 1 is 0.968 bits per heavy atom. The van der Waals surface area contributed by atoms with Gasteiger partial charge in [-0.05, 0) is 17.2 Å². The minimum Gasteiger partial charge on any atom is -0.397 e. The number of rotatable bonds is 5. The van der Waals surface area contributed by atoms with Gasteiger partial charge < -0.3 is 11.1 Å². The van der Waals surface area contributed by atoms with E-state index >= 15 is 0 Å². The number of hydrogen-bond donors (Lipinski definition) is 3. The van der Waals surface area contributed by atoms with Crippen molar-refractivity contribution < 1.29 is 22.6 Å². The molecule has 0 amide bonds. The molecule has 1 aliphatic rings. The Hall–Kier alpha value is -3.75. The van der Waals surface area contributed by atoms with Crippen LogP contribution >= 0.6 is 0 Å². The highest BCUT2D eigenvalue weighted by atomic mass is 32.2. The lowest BCUT2D eigenvalue weighted by molar-refractivity contribution is 0.0980. The summed E-state index contributed by atoms with van der Waals surface area (Å²) >= 11 is 0. The van der Waals surface area contributed by atoms with Crippen LogP contribution in [0.2, 0.25) is 0 Å². The van der Waals surface area contributed by atoms with E-state index in [2.05, 4.69) is 11.9 Å². The predicted octanol–water partition coefficient (Wildman–Crippen LogP) is 3.55. The van der Waals surface area contributed by atoms with Crippen LogP contribution < -0.4 is 11.1 Å². The highest BCUT2D eigenvalue weighted by molar-refractivity contribution is 7.86. The molecule has 7 nitrogen and oxygen atoms in total. The van der Waals surface area contributed by atoms with Gasteiger partial charge in [0.1, 0.15) is 4.90 Å². The number of nitrogen functional groups attached to an aromatic ring is 1. The highest BCUT2D eigenvalue weighted by Gasteiger charge is 2.36. The predicted molar refractivity (Wildman–Crippen MR) is 118 cm³/mol. The van der Waals surface area contributed by atoms with Gasteiger partial charge in [-0.1, -0.05) is 61.2 Å². The smallest absolute Gasteiger partial charge is 0.296 e. The number of benzene rings is 3. The zero-order valence-corrected chi connectivity index (χ0v) is 17.1. The van der Waals surface area contributed by atoms with Crippen LogP contribution in [0.3, 0.4) is 0 Å². The molecular weight excluding hydrogens is 416 g/mol. The molecule has 0 spiro atoms. The van der Waals surface area contributed by atoms with Gasteiger partial charge in [-0.25, -0.2) is 0 Å². The van der Waals surface area contributed by atoms with Crippen LogP contribution in [0.1, 0.15) is 43.0 Å². The molecule has 4 rings (SSSR count). The van der Waals surface area contributed by atoms with Crippen LogP contribution in [0, 0.1) is 0 Å². The second kappa shape index (κ2) is 7.50. The van der Waals surface area contributed by atoms with Crippen molar-refractivity contribution in [3.8, 4) is 0 Å². The van der Waals surface area contributed by atoms with Crippen LogP contribution in [0.5, 0.6) is 0 Å². The fourth-order valence-electron chi connectivity index (χ4n) is 3.73. The van der Waals surface area contributed by atoms with Gasteiger partial charge in [0.2, 0.25) is 0 Å². The molecule has 0 unspecified atom stereocenters. The van der Waals surface area contributed by atoms with Gasteiger partial charge in [0.25, 0.3) is 10.1 Å². The summed E-state index contributed by atoms with van der Waals surface area (Å²) in [5.41, 5.74) is 7.36. The first kappa shape index (κ1) is 20.5. The van der Waals surface area contributed by atoms with Crippen molar-refractivity contribution >= 4 is 39.1 Å². The van der Waals surface area contributed by atoms with Gasteiger partial charge in [-0.15, -0.1) is 0 Å². The maximum Gasteiger partial charge on any atom is 0.296 e. The molecule has 1 aliphatic carbocycles. The molecule has 0 aromatic heterocycles. The lowest BCUT2D eigenvalue weighted by Crippen LogP contribution is -2.25. The van der Waals surface area contributed by atoms with Gasteiger partial charge in [0.15, 0.2) is 11.6 Å². The van der Waals surface area contributed by atoms with Crippen LogP contribution in [-0.2, 0) is 16.7 Å². The molecule has 0 radical (unpaired) electrons. The molecule has 0 heterocycles. The van der Waals surface area contributed by atoms with E-state index in [0.29, 0.717) is 0 Å². The highest BCUT2D eigenvalue weighted by Crippen LogP contribution is 2.39. The van der Waals surface area contributed by atoms with E-state index in [9.17, 15) is 22.6 Å². The summed E-state index contributed by atoms with van der Waals surface area (Å²) in [4.78, 5) is 25.7. The molecule has 4 N–H and O–H groups in total. The van der Waals surface area contributed by atoms with E-state index < -0.39 is 32.3 Å². The third kappa shape index (κ3) is 3.41. The molecule has 0 bridgehead atoms. The van der Waals surface area contributed by atoms with Crippen molar-refractivity contribution in [2.24, 2.45) is 0 Å². The summed E-state index contributed by atoms with van der Waals surface area (Å²) in [6, 6.07) is 14.7. The van der Waals surface area contributed by atoms with E-state index in [1.165, 1.54) is 12.1 Å². The van der Waals surface area contributed by atoms with Crippen molar-refractivity contribution in [3.63, 3.8) is 0 Å². The Bertz CT molecular complexity index is 1380. The number of nitrogens with one attached hydrogen (secondary N) is 1. The van der Waals surface area contributed by atoms with Crippen LogP contribution in [0.25, 0.3) is 6.08 Å². The Labute approximate surface area is 179 Å². The minimum atomic E-state index is -4.75. The summed E-state index contributed by atoms with van der Waals surface area (Å²) in [6.07, 6.45) is 1.67. The number of carbonyl (C=O) groups is 2. The lowest BCUT2D eigenvalue weighted by Gasteiger charge is -2.23. The SMILES string of the molecule is C=Cc1ccccc1CNc1cc(S(=O)(=O)O)c(N)c2c1C(=O)c1ccccc1C2=O. The number of carbonyl (C=O) groups excluding carboxylic acids is 2. The second-order valence-corrected chi connectivity index (χ2v) is 8.41. The van der Waals surface area contributed by atoms with E-state index in [1.54, 1.807) is 18.2 Å². The van der Waals surface area contributed by atoms with Gasteiger partial charge >= 0.3 is 0 Å². The number of fused-ring (bicyclic) bond motifs is 2. The second-order valence-electron chi connectivity index (χ2n) is 7.02. The maximum absolute atomic E-state index is 13.2. The Balaban J connectivity index is 1.92. The van der Waals surface area contributed by atoms with Crippen LogP contribution in [0.4, 0.5) is 11.4 Å². The molecule has 3 aromatic rings. The summed E-state index contributed by atoms with van der Waals surface area (Å²) in [7, 11) is -4.75. The fourth-order valence-corrected chi connectivity index (χ4v) is 4.38. The molecular formula is C23H18N2O5S. The topological polar surface area (TPSA) is 127 Å². The summed E-state index contributed by atoms with van der Waals surface area (Å²) in [5.74, 6) is -1.04. The zero-order valence-electron chi connectivity index (χ0n) is 16.3. The molecule has 0 saturated carbocycles. The normalized spacial score (nSPS) is 12.8. The molecule has 3 aromatic carbocycles. The third-order valence-electron chi connectivity index (χ3n) is 5.22.